The fraction of sp³-hybridized carbons (Fsp3) is 1.00. The molecule has 2 rings (SSSR count). The largest absolute Gasteiger partial charge is 0.312 e. The molecule has 2 atom stereocenters. The van der Waals surface area contributed by atoms with E-state index in [1.165, 1.54) is 0 Å². The number of halogens is 1. The lowest BCUT2D eigenvalue weighted by Gasteiger charge is -2.26. The van der Waals surface area contributed by atoms with Crippen molar-refractivity contribution in [2.45, 2.75) is 30.6 Å². The maximum Gasteiger partial charge on any atom is 0.155 e. The standard InChI is InChI=1S/C7H13NO2S.ClH/c9-11(10)5-4-8-6-2-1-3-7(6)11;/h6-8H,1-5H2;1H. The van der Waals surface area contributed by atoms with Crippen LogP contribution in [0.1, 0.15) is 19.3 Å². The molecule has 1 N–H and O–H groups in total. The number of sulfone groups is 1. The quantitative estimate of drug-likeness (QED) is 0.629. The Bertz CT molecular complexity index is 252. The molecule has 72 valence electrons. The summed E-state index contributed by atoms with van der Waals surface area (Å²) in [6.45, 7) is 0.656. The highest BCUT2D eigenvalue weighted by Crippen LogP contribution is 2.27. The predicted molar refractivity (Wildman–Crippen MR) is 50.5 cm³/mol. The molecule has 0 radical (unpaired) electrons. The third-order valence-electron chi connectivity index (χ3n) is 2.71. The minimum absolute atomic E-state index is 0. The van der Waals surface area contributed by atoms with Gasteiger partial charge in [-0.25, -0.2) is 8.42 Å². The van der Waals surface area contributed by atoms with Gasteiger partial charge in [-0.3, -0.25) is 0 Å². The van der Waals surface area contributed by atoms with Crippen molar-refractivity contribution in [2.75, 3.05) is 12.3 Å². The van der Waals surface area contributed by atoms with Crippen molar-refractivity contribution >= 4 is 22.2 Å². The maximum atomic E-state index is 11.4. The summed E-state index contributed by atoms with van der Waals surface area (Å²) >= 11 is 0. The minimum atomic E-state index is -2.72. The Morgan fingerprint density at radius 2 is 2.00 bits per heavy atom. The van der Waals surface area contributed by atoms with E-state index in [1.54, 1.807) is 0 Å². The molecule has 0 amide bonds. The first kappa shape index (κ1) is 10.3. The van der Waals surface area contributed by atoms with Gasteiger partial charge in [0.1, 0.15) is 0 Å². The third kappa shape index (κ3) is 1.60. The van der Waals surface area contributed by atoms with Crippen molar-refractivity contribution in [3.63, 3.8) is 0 Å². The molecule has 2 fully saturated rings. The van der Waals surface area contributed by atoms with Crippen molar-refractivity contribution in [2.24, 2.45) is 0 Å². The number of hydrogen-bond donors (Lipinski definition) is 1. The van der Waals surface area contributed by atoms with Gasteiger partial charge >= 0.3 is 0 Å². The van der Waals surface area contributed by atoms with Gasteiger partial charge in [0.05, 0.1) is 11.0 Å². The van der Waals surface area contributed by atoms with Crippen LogP contribution in [0, 0.1) is 0 Å². The summed E-state index contributed by atoms with van der Waals surface area (Å²) in [5, 5.41) is 3.20. The van der Waals surface area contributed by atoms with E-state index < -0.39 is 9.84 Å². The molecule has 2 aliphatic rings. The second kappa shape index (κ2) is 3.52. The Morgan fingerprint density at radius 1 is 1.25 bits per heavy atom. The van der Waals surface area contributed by atoms with Gasteiger partial charge in [0.25, 0.3) is 0 Å². The van der Waals surface area contributed by atoms with E-state index in [-0.39, 0.29) is 23.7 Å². The monoisotopic (exact) mass is 211 g/mol. The average Bonchev–Trinajstić information content (AvgIpc) is 2.34. The fourth-order valence-corrected chi connectivity index (χ4v) is 4.09. The Morgan fingerprint density at radius 3 is 2.67 bits per heavy atom. The number of nitrogens with one attached hydrogen (secondary N) is 1. The van der Waals surface area contributed by atoms with Gasteiger partial charge in [0.2, 0.25) is 0 Å². The summed E-state index contributed by atoms with van der Waals surface area (Å²) < 4.78 is 22.8. The molecule has 0 aromatic rings. The topological polar surface area (TPSA) is 46.2 Å². The first-order valence-electron chi connectivity index (χ1n) is 4.15. The van der Waals surface area contributed by atoms with Gasteiger partial charge in [0, 0.05) is 12.6 Å². The lowest BCUT2D eigenvalue weighted by atomic mass is 10.2. The Labute approximate surface area is 79.2 Å². The minimum Gasteiger partial charge on any atom is -0.312 e. The van der Waals surface area contributed by atoms with Crippen LogP contribution in [0.3, 0.4) is 0 Å². The van der Waals surface area contributed by atoms with Crippen molar-refractivity contribution in [3.8, 4) is 0 Å². The molecule has 0 aromatic carbocycles. The van der Waals surface area contributed by atoms with Crippen LogP contribution in [-0.2, 0) is 9.84 Å². The van der Waals surface area contributed by atoms with E-state index in [0.717, 1.165) is 19.3 Å². The number of rotatable bonds is 0. The van der Waals surface area contributed by atoms with Gasteiger partial charge in [-0.15, -0.1) is 12.4 Å². The smallest absolute Gasteiger partial charge is 0.155 e. The molecular weight excluding hydrogens is 198 g/mol. The van der Waals surface area contributed by atoms with Crippen molar-refractivity contribution < 1.29 is 8.42 Å². The highest BCUT2D eigenvalue weighted by atomic mass is 35.5. The number of hydrogen-bond acceptors (Lipinski definition) is 3. The van der Waals surface area contributed by atoms with Crippen molar-refractivity contribution in [1.82, 2.24) is 5.32 Å². The summed E-state index contributed by atoms with van der Waals surface area (Å²) in [6.07, 6.45) is 2.99. The third-order valence-corrected chi connectivity index (χ3v) is 4.97. The highest BCUT2D eigenvalue weighted by molar-refractivity contribution is 7.92. The predicted octanol–water partition coefficient (Wildman–Crippen LogP) is 0.347. The van der Waals surface area contributed by atoms with Gasteiger partial charge in [0.15, 0.2) is 9.84 Å². The lowest BCUT2D eigenvalue weighted by Crippen LogP contribution is -2.49. The van der Waals surface area contributed by atoms with Crippen LogP contribution in [0.4, 0.5) is 0 Å². The SMILES string of the molecule is Cl.O=S1(=O)CCNC2CCCC21. The van der Waals surface area contributed by atoms with E-state index in [1.807, 2.05) is 0 Å². The molecule has 3 nitrogen and oxygen atoms in total. The van der Waals surface area contributed by atoms with Gasteiger partial charge in [-0.05, 0) is 12.8 Å². The van der Waals surface area contributed by atoms with Gasteiger partial charge in [-0.1, -0.05) is 6.42 Å². The highest BCUT2D eigenvalue weighted by Gasteiger charge is 2.39. The van der Waals surface area contributed by atoms with Crippen LogP contribution < -0.4 is 5.32 Å². The summed E-state index contributed by atoms with van der Waals surface area (Å²) in [5.74, 6) is 0.341. The van der Waals surface area contributed by atoms with E-state index in [0.29, 0.717) is 12.3 Å². The van der Waals surface area contributed by atoms with Crippen LogP contribution in [0.25, 0.3) is 0 Å². The number of fused-ring (bicyclic) bond motifs is 1. The lowest BCUT2D eigenvalue weighted by molar-refractivity contribution is 0.491. The molecule has 2 unspecified atom stereocenters. The molecule has 0 bridgehead atoms. The normalized spacial score (nSPS) is 38.3. The summed E-state index contributed by atoms with van der Waals surface area (Å²) in [5.41, 5.74) is 0. The molecule has 1 saturated heterocycles. The Hall–Kier alpha value is 0.200. The van der Waals surface area contributed by atoms with Crippen LogP contribution in [0.2, 0.25) is 0 Å². The van der Waals surface area contributed by atoms with Gasteiger partial charge in [-0.2, -0.15) is 0 Å². The zero-order valence-corrected chi connectivity index (χ0v) is 8.46. The zero-order valence-electron chi connectivity index (χ0n) is 6.82. The Balaban J connectivity index is 0.000000720. The summed E-state index contributed by atoms with van der Waals surface area (Å²) in [6, 6.07) is 0.272. The van der Waals surface area contributed by atoms with E-state index in [2.05, 4.69) is 5.32 Å². The molecule has 1 saturated carbocycles. The van der Waals surface area contributed by atoms with Crippen LogP contribution in [-0.4, -0.2) is 32.0 Å². The van der Waals surface area contributed by atoms with E-state index in [9.17, 15) is 8.42 Å². The Kier molecular flexibility index (Phi) is 3.01. The molecule has 1 aliphatic carbocycles. The van der Waals surface area contributed by atoms with Gasteiger partial charge < -0.3 is 5.32 Å². The molecule has 0 aromatic heterocycles. The first-order valence-corrected chi connectivity index (χ1v) is 5.87. The first-order chi connectivity index (χ1) is 5.20. The molecule has 1 aliphatic heterocycles. The van der Waals surface area contributed by atoms with Crippen LogP contribution in [0.15, 0.2) is 0 Å². The molecule has 0 spiro atoms. The molecule has 5 heteroatoms. The summed E-state index contributed by atoms with van der Waals surface area (Å²) in [4.78, 5) is 0. The molecule has 12 heavy (non-hydrogen) atoms. The second-order valence-electron chi connectivity index (χ2n) is 3.40. The van der Waals surface area contributed by atoms with E-state index >= 15 is 0 Å². The molecule has 1 heterocycles. The maximum absolute atomic E-state index is 11.4. The zero-order chi connectivity index (χ0) is 7.90. The van der Waals surface area contributed by atoms with Crippen molar-refractivity contribution in [3.05, 3.63) is 0 Å². The second-order valence-corrected chi connectivity index (χ2v) is 5.74. The van der Waals surface area contributed by atoms with Crippen LogP contribution >= 0.6 is 12.4 Å². The molecular formula is C7H14ClNO2S. The average molecular weight is 212 g/mol. The van der Waals surface area contributed by atoms with Crippen molar-refractivity contribution in [1.29, 1.82) is 0 Å². The fourth-order valence-electron chi connectivity index (χ4n) is 2.13. The van der Waals surface area contributed by atoms with Crippen LogP contribution in [0.5, 0.6) is 0 Å². The summed E-state index contributed by atoms with van der Waals surface area (Å²) in [7, 11) is -2.72. The van der Waals surface area contributed by atoms with E-state index in [4.69, 9.17) is 0 Å².